The van der Waals surface area contributed by atoms with Crippen LogP contribution in [0.4, 0.5) is 5.69 Å². The lowest BCUT2D eigenvalue weighted by Crippen LogP contribution is -2.52. The zero-order valence-corrected chi connectivity index (χ0v) is 25.4. The normalized spacial score (nSPS) is 11.9. The number of carbonyl (C=O) groups excluding carboxylic acids is 2. The van der Waals surface area contributed by atoms with Gasteiger partial charge in [0.05, 0.1) is 17.7 Å². The maximum Gasteiger partial charge on any atom is 0.264 e. The molecule has 0 aliphatic carbocycles. The summed E-state index contributed by atoms with van der Waals surface area (Å²) in [7, 11) is -2.63. The van der Waals surface area contributed by atoms with Gasteiger partial charge in [-0.05, 0) is 68.7 Å². The molecule has 0 saturated heterocycles. The van der Waals surface area contributed by atoms with E-state index < -0.39 is 28.5 Å². The van der Waals surface area contributed by atoms with Gasteiger partial charge in [0.1, 0.15) is 18.3 Å². The number of methoxy groups -OCH3 is 1. The first kappa shape index (κ1) is 31.7. The van der Waals surface area contributed by atoms with Crippen LogP contribution in [0.25, 0.3) is 0 Å². The molecule has 0 spiro atoms. The third-order valence-electron chi connectivity index (χ3n) is 6.94. The van der Waals surface area contributed by atoms with Crippen LogP contribution in [0.1, 0.15) is 49.8 Å². The smallest absolute Gasteiger partial charge is 0.264 e. The number of nitrogens with one attached hydrogen (secondary N) is 1. The molecule has 3 rings (SSSR count). The van der Waals surface area contributed by atoms with Gasteiger partial charge in [-0.15, -0.1) is 0 Å². The third-order valence-corrected chi connectivity index (χ3v) is 8.73. The second-order valence-corrected chi connectivity index (χ2v) is 12.0. The number of ether oxygens (including phenoxy) is 1. The number of hydrogen-bond donors (Lipinski definition) is 1. The van der Waals surface area contributed by atoms with Crippen LogP contribution in [0.3, 0.4) is 0 Å². The van der Waals surface area contributed by atoms with E-state index in [4.69, 9.17) is 4.74 Å². The Bertz CT molecular complexity index is 1390. The summed E-state index contributed by atoms with van der Waals surface area (Å²) >= 11 is 0. The molecule has 2 amide bonds. The molecule has 1 N–H and O–H groups in total. The summed E-state index contributed by atoms with van der Waals surface area (Å²) in [5, 5.41) is 2.95. The topological polar surface area (TPSA) is 96.0 Å². The van der Waals surface area contributed by atoms with E-state index in [1.165, 1.54) is 24.1 Å². The van der Waals surface area contributed by atoms with Crippen LogP contribution in [-0.4, -0.2) is 51.4 Å². The van der Waals surface area contributed by atoms with E-state index in [1.807, 2.05) is 52.0 Å². The first-order valence-corrected chi connectivity index (χ1v) is 15.4. The lowest BCUT2D eigenvalue weighted by atomic mass is 10.1. The summed E-state index contributed by atoms with van der Waals surface area (Å²) in [6.45, 7) is 7.99. The monoisotopic (exact) mass is 579 g/mol. The average Bonchev–Trinajstić information content (AvgIpc) is 2.97. The summed E-state index contributed by atoms with van der Waals surface area (Å²) in [6, 6.07) is 20.0. The average molecular weight is 580 g/mol. The molecular formula is C32H41N3O5S. The van der Waals surface area contributed by atoms with E-state index in [1.54, 1.807) is 36.4 Å². The molecule has 0 aliphatic heterocycles. The van der Waals surface area contributed by atoms with Crippen molar-refractivity contribution in [1.82, 2.24) is 10.2 Å². The molecule has 0 unspecified atom stereocenters. The van der Waals surface area contributed by atoms with Gasteiger partial charge in [-0.2, -0.15) is 0 Å². The Hall–Kier alpha value is -3.85. The molecule has 0 aromatic heterocycles. The van der Waals surface area contributed by atoms with Gasteiger partial charge in [0.25, 0.3) is 10.0 Å². The van der Waals surface area contributed by atoms with Crippen molar-refractivity contribution < 1.29 is 22.7 Å². The van der Waals surface area contributed by atoms with Gasteiger partial charge in [-0.3, -0.25) is 13.9 Å². The van der Waals surface area contributed by atoms with E-state index in [0.717, 1.165) is 33.8 Å². The molecule has 3 aromatic carbocycles. The van der Waals surface area contributed by atoms with Gasteiger partial charge in [-0.1, -0.05) is 67.8 Å². The highest BCUT2D eigenvalue weighted by Gasteiger charge is 2.33. The van der Waals surface area contributed by atoms with Crippen LogP contribution >= 0.6 is 0 Å². The van der Waals surface area contributed by atoms with Gasteiger partial charge in [0, 0.05) is 13.1 Å². The zero-order valence-electron chi connectivity index (χ0n) is 24.6. The van der Waals surface area contributed by atoms with Crippen LogP contribution in [0.5, 0.6) is 5.75 Å². The van der Waals surface area contributed by atoms with Crippen molar-refractivity contribution in [2.24, 2.45) is 0 Å². The summed E-state index contributed by atoms with van der Waals surface area (Å²) in [6.07, 6.45) is 2.14. The summed E-state index contributed by atoms with van der Waals surface area (Å²) in [5.41, 5.74) is 3.24. The van der Waals surface area contributed by atoms with Crippen LogP contribution in [0, 0.1) is 13.8 Å². The number of anilines is 1. The standard InChI is InChI=1S/C32H41N3O5S/c1-6-8-21-33-32(37)30(7-2)34(22-26-13-9-24(3)10-14-26)31(36)23-35(27-15-11-25(4)12-16-27)41(38,39)29-19-17-28(40-5)18-20-29/h9-20,30H,6-8,21-23H2,1-5H3,(H,33,37)/t30-/m1/s1. The Kier molecular flexibility index (Phi) is 11.3. The van der Waals surface area contributed by atoms with Crippen LogP contribution in [0.2, 0.25) is 0 Å². The molecule has 0 radical (unpaired) electrons. The lowest BCUT2D eigenvalue weighted by Gasteiger charge is -2.33. The van der Waals surface area contributed by atoms with E-state index in [2.05, 4.69) is 5.32 Å². The number of nitrogens with zero attached hydrogens (tertiary/aromatic N) is 2. The highest BCUT2D eigenvalue weighted by molar-refractivity contribution is 7.92. The minimum absolute atomic E-state index is 0.0288. The number of unbranched alkanes of at least 4 members (excludes halogenated alkanes) is 1. The first-order chi connectivity index (χ1) is 19.6. The summed E-state index contributed by atoms with van der Waals surface area (Å²) in [4.78, 5) is 28.9. The maximum absolute atomic E-state index is 14.1. The molecule has 1 atom stereocenters. The van der Waals surface area contributed by atoms with Crippen molar-refractivity contribution in [3.63, 3.8) is 0 Å². The molecular weight excluding hydrogens is 538 g/mol. The fourth-order valence-corrected chi connectivity index (χ4v) is 5.84. The minimum atomic E-state index is -4.14. The van der Waals surface area contributed by atoms with Crippen molar-refractivity contribution in [3.8, 4) is 5.75 Å². The molecule has 0 aliphatic rings. The fraction of sp³-hybridized carbons (Fsp3) is 0.375. The van der Waals surface area contributed by atoms with Crippen LogP contribution in [-0.2, 0) is 26.2 Å². The molecule has 0 heterocycles. The Labute approximate surface area is 244 Å². The molecule has 220 valence electrons. The second-order valence-electron chi connectivity index (χ2n) is 10.1. The number of sulfonamides is 1. The number of aryl methyl sites for hydroxylation is 2. The quantitative estimate of drug-likeness (QED) is 0.264. The van der Waals surface area contributed by atoms with E-state index in [9.17, 15) is 18.0 Å². The van der Waals surface area contributed by atoms with Crippen molar-refractivity contribution in [3.05, 3.63) is 89.5 Å². The molecule has 0 bridgehead atoms. The van der Waals surface area contributed by atoms with Gasteiger partial charge >= 0.3 is 0 Å². The van der Waals surface area contributed by atoms with Crippen molar-refractivity contribution >= 4 is 27.5 Å². The molecule has 0 saturated carbocycles. The molecule has 3 aromatic rings. The summed E-state index contributed by atoms with van der Waals surface area (Å²) < 4.78 is 34.2. The zero-order chi connectivity index (χ0) is 30.0. The highest BCUT2D eigenvalue weighted by Crippen LogP contribution is 2.26. The van der Waals surface area contributed by atoms with E-state index >= 15 is 0 Å². The van der Waals surface area contributed by atoms with Crippen molar-refractivity contribution in [2.45, 2.75) is 64.4 Å². The van der Waals surface area contributed by atoms with Gasteiger partial charge in [0.2, 0.25) is 11.8 Å². The molecule has 41 heavy (non-hydrogen) atoms. The number of rotatable bonds is 14. The van der Waals surface area contributed by atoms with Gasteiger partial charge in [0.15, 0.2) is 0 Å². The number of carbonyl (C=O) groups is 2. The van der Waals surface area contributed by atoms with Gasteiger partial charge in [-0.25, -0.2) is 8.42 Å². The molecule has 9 heteroatoms. The maximum atomic E-state index is 14.1. The Balaban J connectivity index is 2.02. The Morgan fingerprint density at radius 1 is 0.878 bits per heavy atom. The Morgan fingerprint density at radius 3 is 2.00 bits per heavy atom. The predicted octanol–water partition coefficient (Wildman–Crippen LogP) is 5.23. The van der Waals surface area contributed by atoms with Crippen molar-refractivity contribution in [1.29, 1.82) is 0 Å². The van der Waals surface area contributed by atoms with Crippen LogP contribution < -0.4 is 14.4 Å². The molecule has 0 fully saturated rings. The highest BCUT2D eigenvalue weighted by atomic mass is 32.2. The SMILES string of the molecule is CCCCNC(=O)[C@@H](CC)N(Cc1ccc(C)cc1)C(=O)CN(c1ccc(C)cc1)S(=O)(=O)c1ccc(OC)cc1. The first-order valence-electron chi connectivity index (χ1n) is 14.0. The van der Waals surface area contributed by atoms with Crippen LogP contribution in [0.15, 0.2) is 77.7 Å². The summed E-state index contributed by atoms with van der Waals surface area (Å²) in [5.74, 6) is -0.201. The predicted molar refractivity (Wildman–Crippen MR) is 162 cm³/mol. The third kappa shape index (κ3) is 8.33. The van der Waals surface area contributed by atoms with E-state index in [0.29, 0.717) is 24.4 Å². The number of hydrogen-bond acceptors (Lipinski definition) is 5. The largest absolute Gasteiger partial charge is 0.497 e. The fourth-order valence-electron chi connectivity index (χ4n) is 4.43. The van der Waals surface area contributed by atoms with Crippen molar-refractivity contribution in [2.75, 3.05) is 24.5 Å². The minimum Gasteiger partial charge on any atom is -0.497 e. The second kappa shape index (κ2) is 14.7. The lowest BCUT2D eigenvalue weighted by molar-refractivity contribution is -0.140. The van der Waals surface area contributed by atoms with Gasteiger partial charge < -0.3 is 15.0 Å². The molecule has 8 nitrogen and oxygen atoms in total. The number of benzene rings is 3. The van der Waals surface area contributed by atoms with E-state index in [-0.39, 0.29) is 17.3 Å². The number of amides is 2. The Morgan fingerprint density at radius 2 is 1.46 bits per heavy atom.